The van der Waals surface area contributed by atoms with Crippen LogP contribution in [0.15, 0.2) is 53.1 Å². The molecule has 3 rings (SSSR count). The van der Waals surface area contributed by atoms with Gasteiger partial charge in [-0.25, -0.2) is 5.48 Å². The zero-order valence-electron chi connectivity index (χ0n) is 14.0. The number of ketones is 1. The summed E-state index contributed by atoms with van der Waals surface area (Å²) >= 11 is 7.28. The normalized spacial score (nSPS) is 10.7. The Morgan fingerprint density at radius 3 is 2.65 bits per heavy atom. The summed E-state index contributed by atoms with van der Waals surface area (Å²) in [5.74, 6) is -0.234. The third-order valence-electron chi connectivity index (χ3n) is 3.57. The standard InChI is InChI=1S/C19H16ClNO4S/c1-2-25-21-17(22)11-13-10-16(18(23)15-4-3-9-24-15)26-19(13)12-5-7-14(20)8-6-12/h3-10H,2,11H2,1H3,(H,21,22). The molecule has 0 aliphatic carbocycles. The molecule has 1 N–H and O–H groups in total. The van der Waals surface area contributed by atoms with Crippen molar-refractivity contribution in [3.8, 4) is 10.4 Å². The number of amides is 1. The van der Waals surface area contributed by atoms with E-state index in [1.807, 2.05) is 12.1 Å². The van der Waals surface area contributed by atoms with Gasteiger partial charge in [0.25, 0.3) is 0 Å². The number of hydrogen-bond acceptors (Lipinski definition) is 5. The average molecular weight is 390 g/mol. The van der Waals surface area contributed by atoms with Gasteiger partial charge in [0.15, 0.2) is 5.76 Å². The Kier molecular flexibility index (Phi) is 5.88. The predicted molar refractivity (Wildman–Crippen MR) is 100 cm³/mol. The molecule has 0 bridgehead atoms. The molecular formula is C19H16ClNO4S. The van der Waals surface area contributed by atoms with Gasteiger partial charge in [0.05, 0.1) is 24.2 Å². The van der Waals surface area contributed by atoms with E-state index in [1.165, 1.54) is 17.6 Å². The van der Waals surface area contributed by atoms with Crippen molar-refractivity contribution in [3.63, 3.8) is 0 Å². The highest BCUT2D eigenvalue weighted by molar-refractivity contribution is 7.17. The highest BCUT2D eigenvalue weighted by Crippen LogP contribution is 2.35. The second-order valence-corrected chi connectivity index (χ2v) is 6.90. The van der Waals surface area contributed by atoms with Crippen molar-refractivity contribution in [1.82, 2.24) is 5.48 Å². The third kappa shape index (κ3) is 4.22. The molecular weight excluding hydrogens is 374 g/mol. The molecule has 1 aromatic carbocycles. The molecule has 0 spiro atoms. The van der Waals surface area contributed by atoms with E-state index in [0.717, 1.165) is 16.0 Å². The van der Waals surface area contributed by atoms with Gasteiger partial charge in [0.2, 0.25) is 11.7 Å². The molecule has 0 saturated heterocycles. The zero-order valence-corrected chi connectivity index (χ0v) is 15.5. The lowest BCUT2D eigenvalue weighted by molar-refractivity contribution is -0.132. The Balaban J connectivity index is 1.95. The number of nitrogens with one attached hydrogen (secondary N) is 1. The zero-order chi connectivity index (χ0) is 18.5. The number of halogens is 1. The number of furan rings is 1. The van der Waals surface area contributed by atoms with Crippen LogP contribution in [-0.2, 0) is 16.1 Å². The molecule has 0 aliphatic rings. The first-order valence-corrected chi connectivity index (χ1v) is 9.15. The molecule has 2 aromatic heterocycles. The average Bonchev–Trinajstić information content (AvgIpc) is 3.30. The van der Waals surface area contributed by atoms with Gasteiger partial charge in [-0.3, -0.25) is 14.4 Å². The lowest BCUT2D eigenvalue weighted by Crippen LogP contribution is -2.25. The van der Waals surface area contributed by atoms with E-state index in [-0.39, 0.29) is 23.9 Å². The minimum atomic E-state index is -0.281. The largest absolute Gasteiger partial charge is 0.461 e. The van der Waals surface area contributed by atoms with Crippen molar-refractivity contribution in [2.45, 2.75) is 13.3 Å². The Bertz CT molecular complexity index is 900. The molecule has 7 heteroatoms. The van der Waals surface area contributed by atoms with E-state index in [1.54, 1.807) is 37.3 Å². The molecule has 0 aliphatic heterocycles. The second-order valence-electron chi connectivity index (χ2n) is 5.41. The van der Waals surface area contributed by atoms with Crippen LogP contribution in [0.5, 0.6) is 0 Å². The molecule has 0 unspecified atom stereocenters. The highest BCUT2D eigenvalue weighted by atomic mass is 35.5. The smallest absolute Gasteiger partial charge is 0.248 e. The van der Waals surface area contributed by atoms with E-state index in [4.69, 9.17) is 20.9 Å². The van der Waals surface area contributed by atoms with Crippen LogP contribution >= 0.6 is 22.9 Å². The van der Waals surface area contributed by atoms with Crippen molar-refractivity contribution in [2.24, 2.45) is 0 Å². The number of hydroxylamine groups is 1. The lowest BCUT2D eigenvalue weighted by atomic mass is 10.1. The summed E-state index contributed by atoms with van der Waals surface area (Å²) in [6.07, 6.45) is 1.55. The summed E-state index contributed by atoms with van der Waals surface area (Å²) in [6, 6.07) is 12.3. The first-order chi connectivity index (χ1) is 12.6. The molecule has 2 heterocycles. The number of rotatable bonds is 7. The summed E-state index contributed by atoms with van der Waals surface area (Å²) < 4.78 is 5.19. The fraction of sp³-hybridized carbons (Fsp3) is 0.158. The lowest BCUT2D eigenvalue weighted by Gasteiger charge is -2.05. The van der Waals surface area contributed by atoms with E-state index in [0.29, 0.717) is 16.5 Å². The maximum Gasteiger partial charge on any atom is 0.248 e. The van der Waals surface area contributed by atoms with Crippen molar-refractivity contribution < 1.29 is 18.8 Å². The van der Waals surface area contributed by atoms with Crippen molar-refractivity contribution >= 4 is 34.6 Å². The van der Waals surface area contributed by atoms with E-state index >= 15 is 0 Å². The molecule has 0 atom stereocenters. The number of thiophene rings is 1. The molecule has 0 radical (unpaired) electrons. The molecule has 5 nitrogen and oxygen atoms in total. The first kappa shape index (κ1) is 18.4. The number of carbonyl (C=O) groups is 2. The monoisotopic (exact) mass is 389 g/mol. The minimum absolute atomic E-state index is 0.0971. The van der Waals surface area contributed by atoms with Gasteiger partial charge in [-0.1, -0.05) is 23.7 Å². The predicted octanol–water partition coefficient (Wildman–Crippen LogP) is 4.50. The van der Waals surface area contributed by atoms with Crippen molar-refractivity contribution in [3.05, 3.63) is 70.0 Å². The van der Waals surface area contributed by atoms with Gasteiger partial charge < -0.3 is 4.42 Å². The molecule has 0 saturated carbocycles. The van der Waals surface area contributed by atoms with E-state index in [2.05, 4.69) is 5.48 Å². The second kappa shape index (κ2) is 8.31. The number of carbonyl (C=O) groups excluding carboxylic acids is 2. The molecule has 134 valence electrons. The van der Waals surface area contributed by atoms with Crippen LogP contribution in [-0.4, -0.2) is 18.3 Å². The summed E-state index contributed by atoms with van der Waals surface area (Å²) in [5, 5.41) is 0.618. The maximum atomic E-state index is 12.6. The summed E-state index contributed by atoms with van der Waals surface area (Å²) in [4.78, 5) is 30.9. The Morgan fingerprint density at radius 2 is 2.00 bits per heavy atom. The number of hydrogen-bond donors (Lipinski definition) is 1. The number of benzene rings is 1. The maximum absolute atomic E-state index is 12.6. The summed E-state index contributed by atoms with van der Waals surface area (Å²) in [5.41, 5.74) is 4.00. The van der Waals surface area contributed by atoms with E-state index < -0.39 is 0 Å². The van der Waals surface area contributed by atoms with Gasteiger partial charge >= 0.3 is 0 Å². The van der Waals surface area contributed by atoms with Crippen LogP contribution in [0.1, 0.15) is 27.9 Å². The summed E-state index contributed by atoms with van der Waals surface area (Å²) in [7, 11) is 0. The first-order valence-electron chi connectivity index (χ1n) is 7.96. The van der Waals surface area contributed by atoms with Crippen molar-refractivity contribution in [1.29, 1.82) is 0 Å². The molecule has 26 heavy (non-hydrogen) atoms. The van der Waals surface area contributed by atoms with Gasteiger partial charge in [-0.2, -0.15) is 0 Å². The van der Waals surface area contributed by atoms with Gasteiger partial charge in [0.1, 0.15) is 0 Å². The Hall–Kier alpha value is -2.41. The minimum Gasteiger partial charge on any atom is -0.461 e. The van der Waals surface area contributed by atoms with Crippen LogP contribution in [0.25, 0.3) is 10.4 Å². The molecule has 1 amide bonds. The third-order valence-corrected chi connectivity index (χ3v) is 5.04. The van der Waals surface area contributed by atoms with Crippen molar-refractivity contribution in [2.75, 3.05) is 6.61 Å². The van der Waals surface area contributed by atoms with Crippen LogP contribution in [0, 0.1) is 0 Å². The topological polar surface area (TPSA) is 68.5 Å². The highest BCUT2D eigenvalue weighted by Gasteiger charge is 2.20. The van der Waals surface area contributed by atoms with Crippen LogP contribution < -0.4 is 5.48 Å². The van der Waals surface area contributed by atoms with Crippen LogP contribution in [0.2, 0.25) is 5.02 Å². The summed E-state index contributed by atoms with van der Waals surface area (Å²) in [6.45, 7) is 2.16. The fourth-order valence-corrected chi connectivity index (χ4v) is 3.66. The fourth-order valence-electron chi connectivity index (χ4n) is 2.41. The Morgan fingerprint density at radius 1 is 1.23 bits per heavy atom. The van der Waals surface area contributed by atoms with Gasteiger partial charge in [-0.15, -0.1) is 11.3 Å². The van der Waals surface area contributed by atoms with Crippen LogP contribution in [0.4, 0.5) is 0 Å². The molecule has 3 aromatic rings. The van der Waals surface area contributed by atoms with E-state index in [9.17, 15) is 9.59 Å². The van der Waals surface area contributed by atoms with Gasteiger partial charge in [0, 0.05) is 9.90 Å². The quantitative estimate of drug-likeness (QED) is 0.477. The van der Waals surface area contributed by atoms with Gasteiger partial charge in [-0.05, 0) is 48.4 Å². The Labute approximate surface area is 159 Å². The van der Waals surface area contributed by atoms with Crippen LogP contribution in [0.3, 0.4) is 0 Å². The molecule has 0 fully saturated rings. The SMILES string of the molecule is CCONC(=O)Cc1cc(C(=O)c2ccco2)sc1-c1ccc(Cl)cc1.